The molecule has 0 saturated carbocycles. The number of anilines is 1. The average molecular weight is 387 g/mol. The molecule has 0 unspecified atom stereocenters. The van der Waals surface area contributed by atoms with Crippen molar-refractivity contribution in [3.05, 3.63) is 65.9 Å². The second kappa shape index (κ2) is 7.26. The number of benzene rings is 1. The molecule has 0 aliphatic carbocycles. The van der Waals surface area contributed by atoms with Crippen LogP contribution in [0, 0.1) is 6.92 Å². The molecule has 1 aromatic carbocycles. The molecule has 0 atom stereocenters. The van der Waals surface area contributed by atoms with Crippen LogP contribution in [0.15, 0.2) is 48.7 Å². The molecular formula is C20H20F3N5. The lowest BCUT2D eigenvalue weighted by Crippen LogP contribution is -2.34. The molecule has 0 radical (unpaired) electrons. The topological polar surface area (TPSA) is 46.8 Å². The molecule has 3 aromatic rings. The van der Waals surface area contributed by atoms with Crippen molar-refractivity contribution in [3.8, 4) is 5.69 Å². The molecule has 4 rings (SSSR count). The molecule has 1 fully saturated rings. The van der Waals surface area contributed by atoms with Crippen LogP contribution in [0.5, 0.6) is 0 Å². The summed E-state index contributed by atoms with van der Waals surface area (Å²) in [5.74, 6) is 2.63. The zero-order valence-electron chi connectivity index (χ0n) is 15.4. The number of aryl methyl sites for hydroxylation is 1. The first-order valence-corrected chi connectivity index (χ1v) is 9.19. The summed E-state index contributed by atoms with van der Waals surface area (Å²) < 4.78 is 40.4. The Hall–Kier alpha value is -2.90. The van der Waals surface area contributed by atoms with E-state index >= 15 is 0 Å². The van der Waals surface area contributed by atoms with Crippen LogP contribution < -0.4 is 4.90 Å². The van der Waals surface area contributed by atoms with E-state index in [1.54, 1.807) is 6.20 Å². The molecule has 8 heteroatoms. The molecule has 1 aliphatic rings. The number of rotatable bonds is 3. The van der Waals surface area contributed by atoms with Crippen molar-refractivity contribution in [3.63, 3.8) is 0 Å². The van der Waals surface area contributed by atoms with Gasteiger partial charge < -0.3 is 4.90 Å². The van der Waals surface area contributed by atoms with E-state index in [1.165, 1.54) is 12.1 Å². The van der Waals surface area contributed by atoms with E-state index in [0.29, 0.717) is 11.5 Å². The van der Waals surface area contributed by atoms with E-state index in [0.717, 1.165) is 49.7 Å². The van der Waals surface area contributed by atoms with Crippen LogP contribution in [0.2, 0.25) is 0 Å². The highest BCUT2D eigenvalue weighted by molar-refractivity contribution is 5.40. The second-order valence-corrected chi connectivity index (χ2v) is 6.93. The van der Waals surface area contributed by atoms with Crippen molar-refractivity contribution in [2.75, 3.05) is 18.0 Å². The summed E-state index contributed by atoms with van der Waals surface area (Å²) in [5.41, 5.74) is -0.00940. The second-order valence-electron chi connectivity index (χ2n) is 6.93. The van der Waals surface area contributed by atoms with E-state index in [9.17, 15) is 13.2 Å². The molecule has 0 bridgehead atoms. The van der Waals surface area contributed by atoms with Gasteiger partial charge in [0.05, 0.1) is 5.56 Å². The van der Waals surface area contributed by atoms with Gasteiger partial charge in [0.25, 0.3) is 0 Å². The zero-order valence-corrected chi connectivity index (χ0v) is 15.4. The maximum Gasteiger partial charge on any atom is 0.416 e. The molecule has 3 heterocycles. The Morgan fingerprint density at radius 3 is 2.29 bits per heavy atom. The van der Waals surface area contributed by atoms with Crippen LogP contribution >= 0.6 is 0 Å². The molecule has 1 saturated heterocycles. The van der Waals surface area contributed by atoms with Gasteiger partial charge in [0.15, 0.2) is 0 Å². The molecule has 146 valence electrons. The largest absolute Gasteiger partial charge is 0.416 e. The summed E-state index contributed by atoms with van der Waals surface area (Å²) in [6.07, 6.45) is -0.793. The van der Waals surface area contributed by atoms with Crippen LogP contribution in [0.3, 0.4) is 0 Å². The molecular weight excluding hydrogens is 367 g/mol. The Morgan fingerprint density at radius 1 is 0.964 bits per heavy atom. The van der Waals surface area contributed by atoms with E-state index in [1.807, 2.05) is 29.7 Å². The SMILES string of the molecule is Cc1nnc(C2CCN(c3ccccn3)CC2)n1-c1ccc(C(F)(F)F)cc1. The van der Waals surface area contributed by atoms with Crippen molar-refractivity contribution in [2.24, 2.45) is 0 Å². The maximum absolute atomic E-state index is 12.8. The Morgan fingerprint density at radius 2 is 1.68 bits per heavy atom. The number of nitrogens with zero attached hydrogens (tertiary/aromatic N) is 5. The Balaban J connectivity index is 1.55. The number of pyridine rings is 1. The molecule has 5 nitrogen and oxygen atoms in total. The van der Waals surface area contributed by atoms with Gasteiger partial charge in [-0.15, -0.1) is 10.2 Å². The Bertz CT molecular complexity index is 927. The lowest BCUT2D eigenvalue weighted by atomic mass is 9.95. The molecule has 0 N–H and O–H groups in total. The van der Waals surface area contributed by atoms with Gasteiger partial charge in [-0.25, -0.2) is 4.98 Å². The zero-order chi connectivity index (χ0) is 19.7. The summed E-state index contributed by atoms with van der Waals surface area (Å²) in [6, 6.07) is 11.0. The first-order chi connectivity index (χ1) is 13.4. The van der Waals surface area contributed by atoms with Gasteiger partial charge >= 0.3 is 6.18 Å². The van der Waals surface area contributed by atoms with Gasteiger partial charge in [0.1, 0.15) is 17.5 Å². The Kier molecular flexibility index (Phi) is 4.78. The van der Waals surface area contributed by atoms with Gasteiger partial charge in [-0.2, -0.15) is 13.2 Å². The van der Waals surface area contributed by atoms with Crippen molar-refractivity contribution < 1.29 is 13.2 Å². The lowest BCUT2D eigenvalue weighted by molar-refractivity contribution is -0.137. The molecule has 2 aromatic heterocycles. The van der Waals surface area contributed by atoms with Crippen molar-refractivity contribution in [1.82, 2.24) is 19.7 Å². The smallest absolute Gasteiger partial charge is 0.357 e. The Labute approximate surface area is 160 Å². The van der Waals surface area contributed by atoms with E-state index < -0.39 is 11.7 Å². The van der Waals surface area contributed by atoms with Crippen LogP contribution in [-0.2, 0) is 6.18 Å². The predicted octanol–water partition coefficient (Wildman–Crippen LogP) is 4.37. The molecule has 0 spiro atoms. The normalized spacial score (nSPS) is 15.8. The summed E-state index contributed by atoms with van der Waals surface area (Å²) in [7, 11) is 0. The lowest BCUT2D eigenvalue weighted by Gasteiger charge is -2.32. The molecule has 28 heavy (non-hydrogen) atoms. The third-order valence-corrected chi connectivity index (χ3v) is 5.14. The van der Waals surface area contributed by atoms with Crippen molar-refractivity contribution in [1.29, 1.82) is 0 Å². The summed E-state index contributed by atoms with van der Waals surface area (Å²) in [6.45, 7) is 3.51. The van der Waals surface area contributed by atoms with Gasteiger partial charge in [0, 0.05) is 30.9 Å². The molecule has 1 aliphatic heterocycles. The minimum absolute atomic E-state index is 0.198. The van der Waals surface area contributed by atoms with Crippen LogP contribution in [0.1, 0.15) is 36.0 Å². The summed E-state index contributed by atoms with van der Waals surface area (Å²) in [5, 5.41) is 8.52. The number of aromatic nitrogens is 4. The number of alkyl halides is 3. The fraction of sp³-hybridized carbons (Fsp3) is 0.350. The van der Waals surface area contributed by atoms with Gasteiger partial charge in [-0.05, 0) is 56.2 Å². The van der Waals surface area contributed by atoms with E-state index in [2.05, 4.69) is 20.1 Å². The minimum atomic E-state index is -4.35. The van der Waals surface area contributed by atoms with Crippen LogP contribution in [-0.4, -0.2) is 32.8 Å². The van der Waals surface area contributed by atoms with E-state index in [-0.39, 0.29) is 5.92 Å². The third kappa shape index (κ3) is 3.58. The van der Waals surface area contributed by atoms with Gasteiger partial charge in [-0.1, -0.05) is 6.07 Å². The standard InChI is InChI=1S/C20H20F3N5/c1-14-25-26-19(28(14)17-7-5-16(6-8-17)20(21,22)23)15-9-12-27(13-10-15)18-4-2-3-11-24-18/h2-8,11,15H,9-10,12-13H2,1H3. The fourth-order valence-corrected chi connectivity index (χ4v) is 3.67. The monoisotopic (exact) mass is 387 g/mol. The van der Waals surface area contributed by atoms with E-state index in [4.69, 9.17) is 0 Å². The predicted molar refractivity (Wildman–Crippen MR) is 99.5 cm³/mol. The van der Waals surface area contributed by atoms with Gasteiger partial charge in [-0.3, -0.25) is 4.57 Å². The first kappa shape index (κ1) is 18.5. The molecule has 0 amide bonds. The maximum atomic E-state index is 12.8. The summed E-state index contributed by atoms with van der Waals surface area (Å²) >= 11 is 0. The van der Waals surface area contributed by atoms with Crippen molar-refractivity contribution in [2.45, 2.75) is 31.9 Å². The van der Waals surface area contributed by atoms with Crippen LogP contribution in [0.25, 0.3) is 5.69 Å². The van der Waals surface area contributed by atoms with Crippen molar-refractivity contribution >= 4 is 5.82 Å². The quantitative estimate of drug-likeness (QED) is 0.669. The summed E-state index contributed by atoms with van der Waals surface area (Å²) in [4.78, 5) is 6.64. The van der Waals surface area contributed by atoms with Crippen LogP contribution in [0.4, 0.5) is 19.0 Å². The fourth-order valence-electron chi connectivity index (χ4n) is 3.67. The highest BCUT2D eigenvalue weighted by Crippen LogP contribution is 2.32. The average Bonchev–Trinajstić information content (AvgIpc) is 3.10. The first-order valence-electron chi connectivity index (χ1n) is 9.19. The number of hydrogen-bond acceptors (Lipinski definition) is 4. The number of halogens is 3. The highest BCUT2D eigenvalue weighted by Gasteiger charge is 2.31. The number of piperidine rings is 1. The minimum Gasteiger partial charge on any atom is -0.357 e. The number of hydrogen-bond donors (Lipinski definition) is 0. The highest BCUT2D eigenvalue weighted by atomic mass is 19.4. The van der Waals surface area contributed by atoms with Gasteiger partial charge in [0.2, 0.25) is 0 Å². The third-order valence-electron chi connectivity index (χ3n) is 5.14.